The van der Waals surface area contributed by atoms with E-state index in [0.717, 1.165) is 30.3 Å². The summed E-state index contributed by atoms with van der Waals surface area (Å²) in [6.45, 7) is 7.63. The van der Waals surface area contributed by atoms with Gasteiger partial charge in [0, 0.05) is 15.2 Å². The second-order valence-electron chi connectivity index (χ2n) is 5.68. The molecule has 124 valence electrons. The van der Waals surface area contributed by atoms with Gasteiger partial charge in [-0.15, -0.1) is 0 Å². The predicted molar refractivity (Wildman–Crippen MR) is 89.0 cm³/mol. The lowest BCUT2D eigenvalue weighted by Gasteiger charge is -2.29. The van der Waals surface area contributed by atoms with E-state index < -0.39 is 22.7 Å². The van der Waals surface area contributed by atoms with Crippen LogP contribution in [0.5, 0.6) is 0 Å². The van der Waals surface area contributed by atoms with Crippen LogP contribution in [-0.2, 0) is 4.79 Å². The number of hydrogen-bond donors (Lipinski definition) is 0. The maximum absolute atomic E-state index is 13.8. The van der Waals surface area contributed by atoms with Gasteiger partial charge in [-0.3, -0.25) is 9.59 Å². The van der Waals surface area contributed by atoms with Gasteiger partial charge in [-0.1, -0.05) is 45.7 Å². The fourth-order valence-corrected chi connectivity index (χ4v) is 3.07. The van der Waals surface area contributed by atoms with E-state index in [1.807, 2.05) is 27.7 Å². The summed E-state index contributed by atoms with van der Waals surface area (Å²) in [5.41, 5.74) is 7.26. The molecule has 0 spiro atoms. The number of amides is 1. The second-order valence-corrected chi connectivity index (χ2v) is 7.10. The summed E-state index contributed by atoms with van der Waals surface area (Å²) in [5, 5.41) is 2.75. The summed E-state index contributed by atoms with van der Waals surface area (Å²) in [6, 6.07) is 2.08. The Balaban J connectivity index is 3.19. The van der Waals surface area contributed by atoms with Gasteiger partial charge in [-0.05, 0) is 40.5 Å². The van der Waals surface area contributed by atoms with Crippen molar-refractivity contribution in [3.63, 3.8) is 0 Å². The van der Waals surface area contributed by atoms with Crippen LogP contribution in [-0.4, -0.2) is 11.0 Å². The Morgan fingerprint density at radius 1 is 1.48 bits per heavy atom. The van der Waals surface area contributed by atoms with E-state index in [0.29, 0.717) is 0 Å². The molecule has 0 heterocycles. The number of thioether (sulfide) groups is 1. The van der Waals surface area contributed by atoms with Crippen LogP contribution < -0.4 is 0 Å². The van der Waals surface area contributed by atoms with Crippen LogP contribution in [0.1, 0.15) is 44.5 Å². The summed E-state index contributed by atoms with van der Waals surface area (Å²) in [4.78, 5) is 26.7. The molecule has 1 rings (SSSR count). The lowest BCUT2D eigenvalue weighted by molar-refractivity contribution is -0.120. The Bertz CT molecular complexity index is 688. The van der Waals surface area contributed by atoms with Crippen molar-refractivity contribution < 1.29 is 14.0 Å². The van der Waals surface area contributed by atoms with E-state index in [2.05, 4.69) is 10.0 Å². The number of halogens is 2. The van der Waals surface area contributed by atoms with E-state index in [-0.39, 0.29) is 21.0 Å². The summed E-state index contributed by atoms with van der Waals surface area (Å²) >= 11 is 6.82. The molecule has 1 aromatic carbocycles. The third kappa shape index (κ3) is 4.47. The van der Waals surface area contributed by atoms with E-state index in [1.165, 1.54) is 0 Å². The molecule has 23 heavy (non-hydrogen) atoms. The monoisotopic (exact) mass is 357 g/mol. The second kappa shape index (κ2) is 7.81. The fraction of sp³-hybridized carbons (Fsp3) is 0.467. The van der Waals surface area contributed by atoms with Crippen LogP contribution in [0, 0.1) is 17.2 Å². The minimum atomic E-state index is -1.06. The highest BCUT2D eigenvalue weighted by atomic mass is 35.5. The molecule has 0 aliphatic rings. The van der Waals surface area contributed by atoms with Crippen molar-refractivity contribution in [1.29, 1.82) is 0 Å². The van der Waals surface area contributed by atoms with Crippen molar-refractivity contribution in [2.45, 2.75) is 39.0 Å². The molecule has 0 bridgehead atoms. The van der Waals surface area contributed by atoms with Gasteiger partial charge in [0.2, 0.25) is 0 Å². The van der Waals surface area contributed by atoms with Crippen LogP contribution in [0.25, 0.3) is 10.4 Å². The Labute approximate surface area is 143 Å². The largest absolute Gasteiger partial charge is 0.287 e. The van der Waals surface area contributed by atoms with Crippen LogP contribution >= 0.6 is 23.4 Å². The molecule has 0 N–H and O–H groups in total. The third-order valence-corrected chi connectivity index (χ3v) is 5.65. The average Bonchev–Trinajstić information content (AvgIpc) is 2.48. The van der Waals surface area contributed by atoms with Crippen molar-refractivity contribution in [1.82, 2.24) is 0 Å². The number of nitrogens with zero attached hydrogens (tertiary/aromatic N) is 3. The first-order chi connectivity index (χ1) is 10.6. The van der Waals surface area contributed by atoms with Gasteiger partial charge in [0.1, 0.15) is 5.82 Å². The zero-order chi connectivity index (χ0) is 17.8. The van der Waals surface area contributed by atoms with Gasteiger partial charge < -0.3 is 0 Å². The minimum Gasteiger partial charge on any atom is -0.287 e. The lowest BCUT2D eigenvalue weighted by atomic mass is 9.80. The number of carbonyl (C=O) groups is 2. The number of hydrogen-bond acceptors (Lipinski definition) is 3. The normalized spacial score (nSPS) is 12.4. The molecular weight excluding hydrogens is 341 g/mol. The molecular formula is C15H17ClFN3O2S. The first kappa shape index (κ1) is 19.5. The zero-order valence-electron chi connectivity index (χ0n) is 13.3. The Hall–Kier alpha value is -1.56. The molecule has 0 fully saturated rings. The van der Waals surface area contributed by atoms with E-state index in [1.54, 1.807) is 0 Å². The number of benzene rings is 1. The van der Waals surface area contributed by atoms with Gasteiger partial charge in [0.25, 0.3) is 5.91 Å². The molecule has 0 aliphatic carbocycles. The molecule has 0 aromatic heterocycles. The van der Waals surface area contributed by atoms with Crippen LogP contribution in [0.2, 0.25) is 5.02 Å². The Kier molecular flexibility index (Phi) is 6.62. The maximum Gasteiger partial charge on any atom is 0.252 e. The van der Waals surface area contributed by atoms with E-state index in [9.17, 15) is 14.0 Å². The van der Waals surface area contributed by atoms with Crippen LogP contribution in [0.15, 0.2) is 22.1 Å². The van der Waals surface area contributed by atoms with Gasteiger partial charge in [0.05, 0.1) is 10.6 Å². The molecule has 1 amide bonds. The van der Waals surface area contributed by atoms with Crippen molar-refractivity contribution in [3.05, 3.63) is 39.0 Å². The quantitative estimate of drug-likeness (QED) is 0.296. The number of carbonyl (C=O) groups excluding carboxylic acids is 2. The molecule has 8 heteroatoms. The smallest absolute Gasteiger partial charge is 0.252 e. The molecule has 1 atom stereocenters. The van der Waals surface area contributed by atoms with Crippen LogP contribution in [0.4, 0.5) is 4.39 Å². The average molecular weight is 358 g/mol. The van der Waals surface area contributed by atoms with Crippen molar-refractivity contribution in [3.8, 4) is 0 Å². The number of azide groups is 1. The maximum atomic E-state index is 13.8. The predicted octanol–water partition coefficient (Wildman–Crippen LogP) is 5.62. The first-order valence-corrected chi connectivity index (χ1v) is 8.15. The summed E-state index contributed by atoms with van der Waals surface area (Å²) in [7, 11) is 0. The van der Waals surface area contributed by atoms with Gasteiger partial charge >= 0.3 is 0 Å². The highest BCUT2D eigenvalue weighted by Crippen LogP contribution is 2.39. The molecule has 1 aromatic rings. The van der Waals surface area contributed by atoms with Crippen molar-refractivity contribution >= 4 is 34.4 Å². The highest BCUT2D eigenvalue weighted by molar-refractivity contribution is 8.13. The first-order valence-electron chi connectivity index (χ1n) is 6.95. The Morgan fingerprint density at radius 2 is 2.09 bits per heavy atom. The zero-order valence-corrected chi connectivity index (χ0v) is 14.8. The molecule has 0 radical (unpaired) electrons. The molecule has 1 unspecified atom stereocenters. The SMILES string of the molecule is CCC(C)C(C)(C)C(=O)Sc1cc(C(=O)N=[N+]=[N-])c(F)cc1Cl. The standard InChI is InChI=1S/C15H17ClFN3O2S/c1-5-8(2)15(3,4)14(22)23-12-6-9(13(21)19-20-18)11(17)7-10(12)16/h6-8H,5H2,1-4H3. The summed E-state index contributed by atoms with van der Waals surface area (Å²) in [6.07, 6.45) is 0.830. The number of rotatable bonds is 5. The van der Waals surface area contributed by atoms with Gasteiger partial charge in [-0.2, -0.15) is 0 Å². The van der Waals surface area contributed by atoms with E-state index in [4.69, 9.17) is 17.1 Å². The molecule has 5 nitrogen and oxygen atoms in total. The summed E-state index contributed by atoms with van der Waals surface area (Å²) in [5.74, 6) is -1.81. The van der Waals surface area contributed by atoms with Crippen LogP contribution in [0.3, 0.4) is 0 Å². The van der Waals surface area contributed by atoms with Gasteiger partial charge in [-0.25, -0.2) is 4.39 Å². The lowest BCUT2D eigenvalue weighted by Crippen LogP contribution is -2.29. The topological polar surface area (TPSA) is 82.9 Å². The third-order valence-electron chi connectivity index (χ3n) is 3.96. The van der Waals surface area contributed by atoms with Crippen molar-refractivity contribution in [2.75, 3.05) is 0 Å². The van der Waals surface area contributed by atoms with E-state index >= 15 is 0 Å². The van der Waals surface area contributed by atoms with Gasteiger partial charge in [0.15, 0.2) is 5.12 Å². The molecule has 0 saturated heterocycles. The fourth-order valence-electron chi connectivity index (χ4n) is 1.81. The molecule has 0 saturated carbocycles. The highest BCUT2D eigenvalue weighted by Gasteiger charge is 2.34. The summed E-state index contributed by atoms with van der Waals surface area (Å²) < 4.78 is 13.8. The van der Waals surface area contributed by atoms with Crippen molar-refractivity contribution in [2.24, 2.45) is 16.4 Å². The Morgan fingerprint density at radius 3 is 2.61 bits per heavy atom. The minimum absolute atomic E-state index is 0.0262. The molecule has 0 aliphatic heterocycles.